The van der Waals surface area contributed by atoms with Crippen LogP contribution < -0.4 is 5.32 Å². The van der Waals surface area contributed by atoms with Crippen LogP contribution in [-0.4, -0.2) is 60.2 Å². The molecule has 26 heavy (non-hydrogen) atoms. The Hall–Kier alpha value is -2.44. The first-order valence-corrected chi connectivity index (χ1v) is 9.03. The Labute approximate surface area is 152 Å². The lowest BCUT2D eigenvalue weighted by atomic mass is 10.1. The van der Waals surface area contributed by atoms with Gasteiger partial charge >= 0.3 is 0 Å². The molecule has 3 rings (SSSR count). The van der Waals surface area contributed by atoms with Crippen molar-refractivity contribution in [1.82, 2.24) is 15.1 Å². The van der Waals surface area contributed by atoms with Crippen LogP contribution in [0, 0.1) is 17.7 Å². The molecule has 1 aliphatic heterocycles. The molecule has 3 amide bonds. The zero-order chi connectivity index (χ0) is 18.7. The lowest BCUT2D eigenvalue weighted by molar-refractivity contribution is -0.140. The fourth-order valence-electron chi connectivity index (χ4n) is 3.39. The van der Waals surface area contributed by atoms with E-state index in [2.05, 4.69) is 5.32 Å². The summed E-state index contributed by atoms with van der Waals surface area (Å²) >= 11 is 0. The molecule has 140 valence electrons. The molecule has 0 bridgehead atoms. The summed E-state index contributed by atoms with van der Waals surface area (Å²) < 4.78 is 13.5. The molecule has 1 heterocycles. The Bertz CT molecular complexity index is 701. The first-order chi connectivity index (χ1) is 12.5. The summed E-state index contributed by atoms with van der Waals surface area (Å²) in [5, 5.41) is 2.80. The number of benzene rings is 1. The lowest BCUT2D eigenvalue weighted by Crippen LogP contribution is -2.50. The van der Waals surface area contributed by atoms with E-state index in [0.29, 0.717) is 51.1 Å². The van der Waals surface area contributed by atoms with E-state index in [-0.39, 0.29) is 35.4 Å². The number of hydrogen-bond donors (Lipinski definition) is 1. The van der Waals surface area contributed by atoms with Crippen LogP contribution in [0.15, 0.2) is 24.3 Å². The van der Waals surface area contributed by atoms with Gasteiger partial charge < -0.3 is 15.1 Å². The second-order valence-corrected chi connectivity index (χ2v) is 6.91. The highest BCUT2D eigenvalue weighted by Gasteiger charge is 2.49. The number of nitrogens with zero attached hydrogens (tertiary/aromatic N) is 2. The smallest absolute Gasteiger partial charge is 0.226 e. The molecule has 1 aliphatic carbocycles. The van der Waals surface area contributed by atoms with E-state index in [0.717, 1.165) is 0 Å². The highest BCUT2D eigenvalue weighted by molar-refractivity contribution is 5.92. The molecule has 2 atom stereocenters. The normalized spacial score (nSPS) is 22.1. The van der Waals surface area contributed by atoms with Crippen LogP contribution in [0.3, 0.4) is 0 Å². The molecule has 7 heteroatoms. The predicted molar refractivity (Wildman–Crippen MR) is 93.5 cm³/mol. The first kappa shape index (κ1) is 18.4. The van der Waals surface area contributed by atoms with Crippen molar-refractivity contribution in [2.75, 3.05) is 32.7 Å². The fraction of sp³-hybridized carbons (Fsp3) is 0.526. The lowest BCUT2D eigenvalue weighted by Gasteiger charge is -2.34. The molecule has 1 aromatic carbocycles. The van der Waals surface area contributed by atoms with Crippen molar-refractivity contribution >= 4 is 17.7 Å². The average Bonchev–Trinajstić information content (AvgIpc) is 3.43. The summed E-state index contributed by atoms with van der Waals surface area (Å²) in [6.07, 6.45) is 0.994. The SMILES string of the molecule is CC(=O)N1CCN(C(=O)C2CC2C(=O)NCCc2ccccc2F)CC1. The minimum atomic E-state index is -0.283. The maximum absolute atomic E-state index is 13.5. The molecular weight excluding hydrogens is 337 g/mol. The molecule has 1 saturated heterocycles. The van der Waals surface area contributed by atoms with Gasteiger partial charge in [-0.1, -0.05) is 18.2 Å². The third kappa shape index (κ3) is 4.20. The van der Waals surface area contributed by atoms with Crippen molar-refractivity contribution in [3.05, 3.63) is 35.6 Å². The van der Waals surface area contributed by atoms with Gasteiger partial charge in [0.1, 0.15) is 5.82 Å². The molecule has 0 radical (unpaired) electrons. The third-order valence-electron chi connectivity index (χ3n) is 5.13. The highest BCUT2D eigenvalue weighted by atomic mass is 19.1. The van der Waals surface area contributed by atoms with E-state index in [9.17, 15) is 18.8 Å². The van der Waals surface area contributed by atoms with Gasteiger partial charge in [0.15, 0.2) is 0 Å². The largest absolute Gasteiger partial charge is 0.356 e. The number of carbonyl (C=O) groups is 3. The summed E-state index contributed by atoms with van der Waals surface area (Å²) in [6, 6.07) is 6.50. The second kappa shape index (κ2) is 7.85. The van der Waals surface area contributed by atoms with Crippen molar-refractivity contribution in [2.45, 2.75) is 19.8 Å². The van der Waals surface area contributed by atoms with Crippen LogP contribution in [0.4, 0.5) is 4.39 Å². The number of rotatable bonds is 5. The second-order valence-electron chi connectivity index (χ2n) is 6.91. The van der Waals surface area contributed by atoms with Crippen LogP contribution in [0.1, 0.15) is 18.9 Å². The summed E-state index contributed by atoms with van der Waals surface area (Å²) in [7, 11) is 0. The van der Waals surface area contributed by atoms with Gasteiger partial charge in [-0.05, 0) is 24.5 Å². The zero-order valence-electron chi connectivity index (χ0n) is 14.9. The van der Waals surface area contributed by atoms with Gasteiger partial charge in [0.05, 0.1) is 11.8 Å². The summed E-state index contributed by atoms with van der Waals surface area (Å²) in [4.78, 5) is 39.5. The molecule has 1 aromatic rings. The number of amides is 3. The van der Waals surface area contributed by atoms with Crippen molar-refractivity contribution in [3.8, 4) is 0 Å². The number of piperazine rings is 1. The van der Waals surface area contributed by atoms with E-state index < -0.39 is 0 Å². The Kier molecular flexibility index (Phi) is 5.54. The number of hydrogen-bond acceptors (Lipinski definition) is 3. The van der Waals surface area contributed by atoms with Crippen molar-refractivity contribution in [1.29, 1.82) is 0 Å². The molecular formula is C19H24FN3O3. The first-order valence-electron chi connectivity index (χ1n) is 9.03. The maximum atomic E-state index is 13.5. The molecule has 0 aromatic heterocycles. The van der Waals surface area contributed by atoms with Gasteiger partial charge in [-0.3, -0.25) is 14.4 Å². The number of nitrogens with one attached hydrogen (secondary N) is 1. The van der Waals surface area contributed by atoms with E-state index in [4.69, 9.17) is 0 Å². The molecule has 1 saturated carbocycles. The fourth-order valence-corrected chi connectivity index (χ4v) is 3.39. The molecule has 2 aliphatic rings. The summed E-state index contributed by atoms with van der Waals surface area (Å²) in [5.74, 6) is -0.924. The molecule has 6 nitrogen and oxygen atoms in total. The van der Waals surface area contributed by atoms with Crippen molar-refractivity contribution in [2.24, 2.45) is 11.8 Å². The van der Waals surface area contributed by atoms with Gasteiger partial charge in [0.2, 0.25) is 17.7 Å². The standard InChI is InChI=1S/C19H24FN3O3/c1-13(24)22-8-10-23(11-9-22)19(26)16-12-15(16)18(25)21-7-6-14-4-2-3-5-17(14)20/h2-5,15-16H,6-12H2,1H3,(H,21,25). The van der Waals surface area contributed by atoms with E-state index in [1.165, 1.54) is 13.0 Å². The Morgan fingerprint density at radius 3 is 2.38 bits per heavy atom. The molecule has 2 fully saturated rings. The molecule has 2 unspecified atom stereocenters. The summed E-state index contributed by atoms with van der Waals surface area (Å²) in [6.45, 7) is 4.03. The molecule has 0 spiro atoms. The highest BCUT2D eigenvalue weighted by Crippen LogP contribution is 2.40. The van der Waals surface area contributed by atoms with Gasteiger partial charge in [-0.25, -0.2) is 4.39 Å². The van der Waals surface area contributed by atoms with Crippen molar-refractivity contribution in [3.63, 3.8) is 0 Å². The monoisotopic (exact) mass is 361 g/mol. The quantitative estimate of drug-likeness (QED) is 0.844. The van der Waals surface area contributed by atoms with Crippen molar-refractivity contribution < 1.29 is 18.8 Å². The zero-order valence-corrected chi connectivity index (χ0v) is 14.9. The average molecular weight is 361 g/mol. The van der Waals surface area contributed by atoms with Crippen LogP contribution in [0.2, 0.25) is 0 Å². The van der Waals surface area contributed by atoms with Crippen LogP contribution in [0.25, 0.3) is 0 Å². The van der Waals surface area contributed by atoms with Crippen LogP contribution in [-0.2, 0) is 20.8 Å². The topological polar surface area (TPSA) is 69.7 Å². The van der Waals surface area contributed by atoms with Gasteiger partial charge in [-0.15, -0.1) is 0 Å². The summed E-state index contributed by atoms with van der Waals surface area (Å²) in [5.41, 5.74) is 0.569. The van der Waals surface area contributed by atoms with E-state index >= 15 is 0 Å². The van der Waals surface area contributed by atoms with Gasteiger partial charge in [0.25, 0.3) is 0 Å². The Morgan fingerprint density at radius 2 is 1.73 bits per heavy atom. The third-order valence-corrected chi connectivity index (χ3v) is 5.13. The van der Waals surface area contributed by atoms with E-state index in [1.807, 2.05) is 0 Å². The minimum Gasteiger partial charge on any atom is -0.356 e. The number of carbonyl (C=O) groups excluding carboxylic acids is 3. The number of halogens is 1. The Balaban J connectivity index is 1.40. The van der Waals surface area contributed by atoms with Crippen LogP contribution >= 0.6 is 0 Å². The maximum Gasteiger partial charge on any atom is 0.226 e. The molecule has 1 N–H and O–H groups in total. The van der Waals surface area contributed by atoms with Gasteiger partial charge in [-0.2, -0.15) is 0 Å². The Morgan fingerprint density at radius 1 is 1.08 bits per heavy atom. The predicted octanol–water partition coefficient (Wildman–Crippen LogP) is 0.811. The minimum absolute atomic E-state index is 0.00227. The van der Waals surface area contributed by atoms with Crippen LogP contribution in [0.5, 0.6) is 0 Å². The van der Waals surface area contributed by atoms with E-state index in [1.54, 1.807) is 28.0 Å². The van der Waals surface area contributed by atoms with Gasteiger partial charge in [0, 0.05) is 39.6 Å².